The maximum absolute atomic E-state index is 5.42. The minimum absolute atomic E-state index is 0.719. The van der Waals surface area contributed by atoms with Crippen molar-refractivity contribution < 1.29 is 4.52 Å². The molecule has 0 saturated carbocycles. The highest BCUT2D eigenvalue weighted by molar-refractivity contribution is 7.98. The van der Waals surface area contributed by atoms with Crippen molar-refractivity contribution in [2.45, 2.75) is 63.8 Å². The lowest BCUT2D eigenvalue weighted by molar-refractivity contribution is 0.270. The number of piperidine rings is 1. The van der Waals surface area contributed by atoms with Crippen LogP contribution in [0.4, 0.5) is 0 Å². The number of nitrogens with one attached hydrogen (secondary N) is 1. The van der Waals surface area contributed by atoms with E-state index in [4.69, 9.17) is 4.52 Å². The lowest BCUT2D eigenvalue weighted by Gasteiger charge is -2.27. The van der Waals surface area contributed by atoms with E-state index in [2.05, 4.69) is 29.3 Å². The number of rotatable bonds is 6. The second-order valence-electron chi connectivity index (χ2n) is 6.69. The molecule has 1 N–H and O–H groups in total. The monoisotopic (exact) mass is 295 g/mol. The van der Waals surface area contributed by atoms with E-state index in [1.807, 2.05) is 11.8 Å². The molecular formula is C15H25N3OS. The first-order valence-corrected chi connectivity index (χ1v) is 8.99. The largest absolute Gasteiger partial charge is 0.339 e. The van der Waals surface area contributed by atoms with E-state index in [1.165, 1.54) is 25.7 Å². The SMILES string of the molecule is CC(C)CSCc1noc(CC2CC3CCC(C2)N3)n1. The molecule has 2 saturated heterocycles. The topological polar surface area (TPSA) is 51.0 Å². The van der Waals surface area contributed by atoms with Crippen LogP contribution in [0.1, 0.15) is 51.2 Å². The first-order chi connectivity index (χ1) is 9.69. The summed E-state index contributed by atoms with van der Waals surface area (Å²) in [5.41, 5.74) is 0. The van der Waals surface area contributed by atoms with Gasteiger partial charge in [-0.05, 0) is 43.3 Å². The molecule has 2 atom stereocenters. The van der Waals surface area contributed by atoms with Crippen molar-refractivity contribution >= 4 is 11.8 Å². The van der Waals surface area contributed by atoms with Crippen molar-refractivity contribution in [3.05, 3.63) is 11.7 Å². The molecule has 3 rings (SSSR count). The van der Waals surface area contributed by atoms with Crippen LogP contribution < -0.4 is 5.32 Å². The highest BCUT2D eigenvalue weighted by Gasteiger charge is 2.34. The van der Waals surface area contributed by atoms with Crippen LogP contribution in [0.5, 0.6) is 0 Å². The molecule has 1 aromatic rings. The Labute approximate surface area is 125 Å². The van der Waals surface area contributed by atoms with Crippen LogP contribution in [0.25, 0.3) is 0 Å². The molecule has 0 amide bonds. The van der Waals surface area contributed by atoms with Gasteiger partial charge in [0.05, 0.1) is 5.75 Å². The van der Waals surface area contributed by atoms with E-state index in [0.29, 0.717) is 0 Å². The number of fused-ring (bicyclic) bond motifs is 2. The molecule has 0 aromatic carbocycles. The molecule has 2 bridgehead atoms. The van der Waals surface area contributed by atoms with Crippen molar-refractivity contribution in [2.75, 3.05) is 5.75 Å². The van der Waals surface area contributed by atoms with Gasteiger partial charge in [0, 0.05) is 18.5 Å². The lowest BCUT2D eigenvalue weighted by Crippen LogP contribution is -2.38. The van der Waals surface area contributed by atoms with Gasteiger partial charge in [-0.1, -0.05) is 19.0 Å². The number of hydrogen-bond acceptors (Lipinski definition) is 5. The van der Waals surface area contributed by atoms with E-state index < -0.39 is 0 Å². The summed E-state index contributed by atoms with van der Waals surface area (Å²) in [6.45, 7) is 4.47. The number of aromatic nitrogens is 2. The molecule has 5 heteroatoms. The summed E-state index contributed by atoms with van der Waals surface area (Å²) in [6, 6.07) is 1.48. The fraction of sp³-hybridized carbons (Fsp3) is 0.867. The highest BCUT2D eigenvalue weighted by atomic mass is 32.2. The van der Waals surface area contributed by atoms with Gasteiger partial charge >= 0.3 is 0 Å². The second-order valence-corrected chi connectivity index (χ2v) is 7.72. The predicted molar refractivity (Wildman–Crippen MR) is 81.7 cm³/mol. The predicted octanol–water partition coefficient (Wildman–Crippen LogP) is 3.03. The Bertz CT molecular complexity index is 423. The number of thioether (sulfide) groups is 1. The molecule has 1 aromatic heterocycles. The molecule has 112 valence electrons. The van der Waals surface area contributed by atoms with E-state index in [-0.39, 0.29) is 0 Å². The average Bonchev–Trinajstić information content (AvgIpc) is 2.96. The van der Waals surface area contributed by atoms with Crippen molar-refractivity contribution in [1.29, 1.82) is 0 Å². The zero-order valence-electron chi connectivity index (χ0n) is 12.5. The Morgan fingerprint density at radius 3 is 2.75 bits per heavy atom. The first kappa shape index (κ1) is 14.4. The quantitative estimate of drug-likeness (QED) is 0.874. The van der Waals surface area contributed by atoms with Crippen LogP contribution in [0, 0.1) is 11.8 Å². The molecule has 0 radical (unpaired) electrons. The number of nitrogens with zero attached hydrogens (tertiary/aromatic N) is 2. The molecule has 20 heavy (non-hydrogen) atoms. The lowest BCUT2D eigenvalue weighted by atomic mass is 9.90. The third-order valence-electron chi connectivity index (χ3n) is 4.23. The summed E-state index contributed by atoms with van der Waals surface area (Å²) in [7, 11) is 0. The molecule has 2 fully saturated rings. The normalized spacial score (nSPS) is 29.2. The minimum atomic E-state index is 0.719. The van der Waals surface area contributed by atoms with Gasteiger partial charge in [0.15, 0.2) is 5.82 Å². The van der Waals surface area contributed by atoms with Crippen LogP contribution in [0.15, 0.2) is 4.52 Å². The summed E-state index contributed by atoms with van der Waals surface area (Å²) in [5.74, 6) is 5.18. The molecule has 4 nitrogen and oxygen atoms in total. The van der Waals surface area contributed by atoms with Crippen molar-refractivity contribution in [1.82, 2.24) is 15.5 Å². The Morgan fingerprint density at radius 2 is 2.05 bits per heavy atom. The Kier molecular flexibility index (Phi) is 4.66. The summed E-state index contributed by atoms with van der Waals surface area (Å²) in [6.07, 6.45) is 6.22. The van der Waals surface area contributed by atoms with Crippen molar-refractivity contribution in [3.63, 3.8) is 0 Å². The van der Waals surface area contributed by atoms with Gasteiger partial charge in [-0.25, -0.2) is 0 Å². The smallest absolute Gasteiger partial charge is 0.226 e. The maximum Gasteiger partial charge on any atom is 0.226 e. The Hall–Kier alpha value is -0.550. The summed E-state index contributed by atoms with van der Waals surface area (Å²) < 4.78 is 5.42. The molecular weight excluding hydrogens is 270 g/mol. The summed E-state index contributed by atoms with van der Waals surface area (Å²) in [5, 5.41) is 7.79. The van der Waals surface area contributed by atoms with Crippen LogP contribution in [0.3, 0.4) is 0 Å². The van der Waals surface area contributed by atoms with Crippen molar-refractivity contribution in [2.24, 2.45) is 11.8 Å². The number of hydrogen-bond donors (Lipinski definition) is 1. The van der Waals surface area contributed by atoms with Gasteiger partial charge in [0.2, 0.25) is 5.89 Å². The van der Waals surface area contributed by atoms with Gasteiger partial charge in [-0.2, -0.15) is 16.7 Å². The zero-order chi connectivity index (χ0) is 13.9. The zero-order valence-corrected chi connectivity index (χ0v) is 13.3. The third-order valence-corrected chi connectivity index (χ3v) is 5.59. The fourth-order valence-corrected chi connectivity index (χ4v) is 4.30. The van der Waals surface area contributed by atoms with E-state index >= 15 is 0 Å². The third kappa shape index (κ3) is 3.76. The fourth-order valence-electron chi connectivity index (χ4n) is 3.41. The summed E-state index contributed by atoms with van der Waals surface area (Å²) >= 11 is 1.89. The van der Waals surface area contributed by atoms with E-state index in [0.717, 1.165) is 53.6 Å². The van der Waals surface area contributed by atoms with Crippen LogP contribution in [-0.4, -0.2) is 28.0 Å². The highest BCUT2D eigenvalue weighted by Crippen LogP contribution is 2.32. The van der Waals surface area contributed by atoms with Gasteiger partial charge in [0.1, 0.15) is 0 Å². The molecule has 3 heterocycles. The van der Waals surface area contributed by atoms with E-state index in [9.17, 15) is 0 Å². The van der Waals surface area contributed by atoms with Crippen molar-refractivity contribution in [3.8, 4) is 0 Å². The second kappa shape index (κ2) is 6.48. The van der Waals surface area contributed by atoms with E-state index in [1.54, 1.807) is 0 Å². The average molecular weight is 295 g/mol. The van der Waals surface area contributed by atoms with Gasteiger partial charge in [-0.15, -0.1) is 0 Å². The van der Waals surface area contributed by atoms with Crippen LogP contribution in [0.2, 0.25) is 0 Å². The minimum Gasteiger partial charge on any atom is -0.339 e. The van der Waals surface area contributed by atoms with Crippen LogP contribution in [-0.2, 0) is 12.2 Å². The van der Waals surface area contributed by atoms with Gasteiger partial charge in [-0.3, -0.25) is 0 Å². The molecule has 2 aliphatic heterocycles. The Morgan fingerprint density at radius 1 is 1.30 bits per heavy atom. The molecule has 2 aliphatic rings. The van der Waals surface area contributed by atoms with Gasteiger partial charge < -0.3 is 9.84 Å². The Balaban J connectivity index is 1.47. The standard InChI is InChI=1S/C15H25N3OS/c1-10(2)8-20-9-14-17-15(19-18-14)7-11-5-12-3-4-13(6-11)16-12/h10-13,16H,3-9H2,1-2H3. The maximum atomic E-state index is 5.42. The molecule has 2 unspecified atom stereocenters. The molecule has 0 spiro atoms. The molecule has 0 aliphatic carbocycles. The first-order valence-electron chi connectivity index (χ1n) is 7.84. The van der Waals surface area contributed by atoms with Crippen LogP contribution >= 0.6 is 11.8 Å². The van der Waals surface area contributed by atoms with Gasteiger partial charge in [0.25, 0.3) is 0 Å². The summed E-state index contributed by atoms with van der Waals surface area (Å²) in [4.78, 5) is 4.55.